The van der Waals surface area contributed by atoms with Crippen LogP contribution in [0.2, 0.25) is 0 Å². The summed E-state index contributed by atoms with van der Waals surface area (Å²) < 4.78 is 7.21. The lowest BCUT2D eigenvalue weighted by Gasteiger charge is -2.09. The molecule has 3 aromatic carbocycles. The van der Waals surface area contributed by atoms with Crippen LogP contribution in [0, 0.1) is 0 Å². The predicted octanol–water partition coefficient (Wildman–Crippen LogP) is 6.05. The minimum atomic E-state index is 0.562. The van der Waals surface area contributed by atoms with E-state index in [1.165, 1.54) is 4.70 Å². The fourth-order valence-corrected chi connectivity index (χ4v) is 3.48. The van der Waals surface area contributed by atoms with Crippen LogP contribution in [-0.2, 0) is 6.61 Å². The van der Waals surface area contributed by atoms with E-state index in [0.717, 1.165) is 27.4 Å². The lowest BCUT2D eigenvalue weighted by atomic mass is 10.2. The standard InChI is InChI=1S/C22H17NOS/c1-2-8-17(9-3-1)16-24-20-12-6-4-10-18(20)14-15-22-23-19-11-5-7-13-21(19)25-22/h1-15H,16H2. The number of benzene rings is 3. The zero-order chi connectivity index (χ0) is 16.9. The van der Waals surface area contributed by atoms with Crippen molar-refractivity contribution in [2.75, 3.05) is 0 Å². The van der Waals surface area contributed by atoms with Crippen LogP contribution in [0.4, 0.5) is 0 Å². The van der Waals surface area contributed by atoms with E-state index in [-0.39, 0.29) is 0 Å². The molecule has 4 rings (SSSR count). The molecule has 0 radical (unpaired) electrons. The normalized spacial score (nSPS) is 11.2. The number of aromatic nitrogens is 1. The molecule has 4 aromatic rings. The number of fused-ring (bicyclic) bond motifs is 1. The molecule has 3 heteroatoms. The Hall–Kier alpha value is -2.91. The number of hydrogen-bond donors (Lipinski definition) is 0. The molecule has 0 aliphatic carbocycles. The Balaban J connectivity index is 1.54. The Morgan fingerprint density at radius 3 is 2.44 bits per heavy atom. The summed E-state index contributed by atoms with van der Waals surface area (Å²) in [6.45, 7) is 0.562. The van der Waals surface area contributed by atoms with Crippen LogP contribution in [0.3, 0.4) is 0 Å². The second-order valence-electron chi connectivity index (χ2n) is 5.67. The predicted molar refractivity (Wildman–Crippen MR) is 106 cm³/mol. The van der Waals surface area contributed by atoms with Gasteiger partial charge in [0.1, 0.15) is 17.4 Å². The van der Waals surface area contributed by atoms with Crippen LogP contribution in [0.15, 0.2) is 78.9 Å². The number of nitrogens with zero attached hydrogens (tertiary/aromatic N) is 1. The van der Waals surface area contributed by atoms with Crippen molar-refractivity contribution in [2.45, 2.75) is 6.61 Å². The molecule has 0 fully saturated rings. The maximum absolute atomic E-state index is 6.00. The molecule has 25 heavy (non-hydrogen) atoms. The quantitative estimate of drug-likeness (QED) is 0.440. The number of hydrogen-bond acceptors (Lipinski definition) is 3. The Morgan fingerprint density at radius 1 is 0.800 bits per heavy atom. The first-order valence-corrected chi connectivity index (χ1v) is 8.99. The molecule has 0 saturated heterocycles. The summed E-state index contributed by atoms with van der Waals surface area (Å²) in [5, 5.41) is 0.999. The second-order valence-corrected chi connectivity index (χ2v) is 6.73. The Bertz CT molecular complexity index is 972. The maximum atomic E-state index is 6.00. The molecule has 0 N–H and O–H groups in total. The van der Waals surface area contributed by atoms with Crippen molar-refractivity contribution < 1.29 is 4.74 Å². The molecular formula is C22H17NOS. The average molecular weight is 343 g/mol. The third kappa shape index (κ3) is 3.78. The molecule has 122 valence electrons. The number of thiazole rings is 1. The van der Waals surface area contributed by atoms with E-state index in [1.54, 1.807) is 11.3 Å². The fourth-order valence-electron chi connectivity index (χ4n) is 2.61. The van der Waals surface area contributed by atoms with E-state index in [0.29, 0.717) is 6.61 Å². The third-order valence-electron chi connectivity index (χ3n) is 3.87. The van der Waals surface area contributed by atoms with Crippen molar-refractivity contribution in [2.24, 2.45) is 0 Å². The first kappa shape index (κ1) is 15.6. The van der Waals surface area contributed by atoms with Crippen LogP contribution >= 0.6 is 11.3 Å². The van der Waals surface area contributed by atoms with Gasteiger partial charge in [-0.3, -0.25) is 0 Å². The highest BCUT2D eigenvalue weighted by Crippen LogP contribution is 2.25. The first-order valence-electron chi connectivity index (χ1n) is 8.18. The van der Waals surface area contributed by atoms with E-state index in [1.807, 2.05) is 54.6 Å². The van der Waals surface area contributed by atoms with Crippen LogP contribution in [-0.4, -0.2) is 4.98 Å². The van der Waals surface area contributed by atoms with Crippen molar-refractivity contribution in [3.63, 3.8) is 0 Å². The Kier molecular flexibility index (Phi) is 4.57. The zero-order valence-electron chi connectivity index (χ0n) is 13.6. The molecule has 0 atom stereocenters. The number of para-hydroxylation sites is 2. The molecular weight excluding hydrogens is 326 g/mol. The van der Waals surface area contributed by atoms with Crippen molar-refractivity contribution in [3.05, 3.63) is 95.0 Å². The van der Waals surface area contributed by atoms with E-state index in [4.69, 9.17) is 4.74 Å². The summed E-state index contributed by atoms with van der Waals surface area (Å²) >= 11 is 1.69. The molecule has 0 aliphatic heterocycles. The van der Waals surface area contributed by atoms with Crippen molar-refractivity contribution in [1.82, 2.24) is 4.98 Å². The van der Waals surface area contributed by atoms with E-state index in [9.17, 15) is 0 Å². The number of ether oxygens (including phenoxy) is 1. The Labute approximate surface area is 151 Å². The molecule has 0 saturated carbocycles. The minimum Gasteiger partial charge on any atom is -0.488 e. The van der Waals surface area contributed by atoms with Crippen molar-refractivity contribution >= 4 is 33.7 Å². The van der Waals surface area contributed by atoms with Crippen LogP contribution < -0.4 is 4.74 Å². The van der Waals surface area contributed by atoms with E-state index in [2.05, 4.69) is 41.4 Å². The molecule has 0 unspecified atom stereocenters. The highest BCUT2D eigenvalue weighted by molar-refractivity contribution is 7.19. The monoisotopic (exact) mass is 343 g/mol. The van der Waals surface area contributed by atoms with Crippen molar-refractivity contribution in [3.8, 4) is 5.75 Å². The molecule has 2 nitrogen and oxygen atoms in total. The van der Waals surface area contributed by atoms with E-state index < -0.39 is 0 Å². The molecule has 0 aliphatic rings. The van der Waals surface area contributed by atoms with Crippen LogP contribution in [0.25, 0.3) is 22.4 Å². The summed E-state index contributed by atoms with van der Waals surface area (Å²) in [6, 6.07) is 26.5. The van der Waals surface area contributed by atoms with Gasteiger partial charge in [-0.05, 0) is 35.9 Å². The molecule has 0 bridgehead atoms. The minimum absolute atomic E-state index is 0.562. The van der Waals surface area contributed by atoms with Gasteiger partial charge in [-0.15, -0.1) is 11.3 Å². The highest BCUT2D eigenvalue weighted by Gasteiger charge is 2.03. The van der Waals surface area contributed by atoms with Gasteiger partial charge < -0.3 is 4.74 Å². The molecule has 1 aromatic heterocycles. The number of rotatable bonds is 5. The SMILES string of the molecule is C(=Cc1ccccc1OCc1ccccc1)c1nc2ccccc2s1. The lowest BCUT2D eigenvalue weighted by Crippen LogP contribution is -1.96. The van der Waals surface area contributed by atoms with Crippen LogP contribution in [0.1, 0.15) is 16.1 Å². The third-order valence-corrected chi connectivity index (χ3v) is 4.87. The van der Waals surface area contributed by atoms with Gasteiger partial charge in [-0.2, -0.15) is 0 Å². The van der Waals surface area contributed by atoms with Crippen LogP contribution in [0.5, 0.6) is 5.75 Å². The van der Waals surface area contributed by atoms with Gasteiger partial charge in [0.05, 0.1) is 10.2 Å². The summed E-state index contributed by atoms with van der Waals surface area (Å²) in [4.78, 5) is 4.64. The van der Waals surface area contributed by atoms with Gasteiger partial charge in [0.2, 0.25) is 0 Å². The summed E-state index contributed by atoms with van der Waals surface area (Å²) in [6.07, 6.45) is 4.12. The summed E-state index contributed by atoms with van der Waals surface area (Å²) in [5.74, 6) is 0.878. The van der Waals surface area contributed by atoms with Gasteiger partial charge in [-0.25, -0.2) is 4.98 Å². The fraction of sp³-hybridized carbons (Fsp3) is 0.0455. The van der Waals surface area contributed by atoms with Gasteiger partial charge in [0, 0.05) is 5.56 Å². The molecule has 0 spiro atoms. The lowest BCUT2D eigenvalue weighted by molar-refractivity contribution is 0.305. The van der Waals surface area contributed by atoms with Gasteiger partial charge in [0.25, 0.3) is 0 Å². The topological polar surface area (TPSA) is 22.1 Å². The average Bonchev–Trinajstić information content (AvgIpc) is 3.09. The zero-order valence-corrected chi connectivity index (χ0v) is 14.4. The van der Waals surface area contributed by atoms with Gasteiger partial charge in [-0.1, -0.05) is 60.7 Å². The summed E-state index contributed by atoms with van der Waals surface area (Å²) in [5.41, 5.74) is 3.26. The molecule has 0 amide bonds. The second kappa shape index (κ2) is 7.32. The smallest absolute Gasteiger partial charge is 0.127 e. The summed E-state index contributed by atoms with van der Waals surface area (Å²) in [7, 11) is 0. The first-order chi connectivity index (χ1) is 12.4. The largest absolute Gasteiger partial charge is 0.488 e. The Morgan fingerprint density at radius 2 is 1.56 bits per heavy atom. The van der Waals surface area contributed by atoms with Gasteiger partial charge in [0.15, 0.2) is 0 Å². The van der Waals surface area contributed by atoms with E-state index >= 15 is 0 Å². The maximum Gasteiger partial charge on any atom is 0.127 e. The molecule has 1 heterocycles. The van der Waals surface area contributed by atoms with Crippen molar-refractivity contribution in [1.29, 1.82) is 0 Å². The van der Waals surface area contributed by atoms with Gasteiger partial charge >= 0.3 is 0 Å². The highest BCUT2D eigenvalue weighted by atomic mass is 32.1.